The van der Waals surface area contributed by atoms with Gasteiger partial charge in [-0.15, -0.1) is 0 Å². The lowest BCUT2D eigenvalue weighted by atomic mass is 9.95. The summed E-state index contributed by atoms with van der Waals surface area (Å²) in [4.78, 5) is 32.0. The molecule has 4 rings (SSSR count). The second-order valence-corrected chi connectivity index (χ2v) is 8.17. The van der Waals surface area contributed by atoms with Gasteiger partial charge in [0.1, 0.15) is 17.3 Å². The van der Waals surface area contributed by atoms with E-state index in [0.717, 1.165) is 12.0 Å². The van der Waals surface area contributed by atoms with Crippen LogP contribution in [0.1, 0.15) is 43.0 Å². The molecule has 1 amide bonds. The van der Waals surface area contributed by atoms with Gasteiger partial charge in [-0.25, -0.2) is 0 Å². The Labute approximate surface area is 204 Å². The molecule has 0 radical (unpaired) electrons. The van der Waals surface area contributed by atoms with Crippen LogP contribution in [0, 0.1) is 0 Å². The van der Waals surface area contributed by atoms with Crippen LogP contribution in [-0.4, -0.2) is 39.9 Å². The molecule has 2 aromatic carbocycles. The first-order chi connectivity index (χ1) is 17.0. The summed E-state index contributed by atoms with van der Waals surface area (Å²) >= 11 is 0. The second kappa shape index (κ2) is 10.9. The van der Waals surface area contributed by atoms with Crippen molar-refractivity contribution in [1.29, 1.82) is 0 Å². The number of hydrogen-bond donors (Lipinski definition) is 1. The number of hydrogen-bond acceptors (Lipinski definition) is 6. The Morgan fingerprint density at radius 1 is 1.00 bits per heavy atom. The Morgan fingerprint density at radius 3 is 2.49 bits per heavy atom. The van der Waals surface area contributed by atoms with E-state index in [1.165, 1.54) is 4.90 Å². The van der Waals surface area contributed by atoms with Crippen molar-refractivity contribution in [1.82, 2.24) is 9.88 Å². The zero-order valence-corrected chi connectivity index (χ0v) is 19.8. The molecule has 1 unspecified atom stereocenters. The lowest BCUT2D eigenvalue weighted by molar-refractivity contribution is -0.140. The van der Waals surface area contributed by atoms with Crippen LogP contribution in [0.5, 0.6) is 11.5 Å². The number of nitrogens with zero attached hydrogens (tertiary/aromatic N) is 2. The molecule has 0 saturated carbocycles. The normalized spacial score (nSPS) is 17.0. The van der Waals surface area contributed by atoms with Crippen LogP contribution in [0.25, 0.3) is 5.76 Å². The quantitative estimate of drug-likeness (QED) is 0.271. The number of ketones is 1. The third-order valence-electron chi connectivity index (χ3n) is 5.70. The maximum absolute atomic E-state index is 13.3. The summed E-state index contributed by atoms with van der Waals surface area (Å²) in [5.41, 5.74) is 1.92. The molecule has 1 atom stereocenters. The van der Waals surface area contributed by atoms with E-state index in [0.29, 0.717) is 35.8 Å². The molecule has 3 aromatic rings. The Morgan fingerprint density at radius 2 is 1.80 bits per heavy atom. The lowest BCUT2D eigenvalue weighted by Gasteiger charge is -2.25. The first-order valence-electron chi connectivity index (χ1n) is 11.7. The topological polar surface area (TPSA) is 89.0 Å². The van der Waals surface area contributed by atoms with Crippen LogP contribution < -0.4 is 9.47 Å². The number of amides is 1. The lowest BCUT2D eigenvalue weighted by Crippen LogP contribution is -2.29. The van der Waals surface area contributed by atoms with E-state index in [2.05, 4.69) is 4.98 Å². The minimum absolute atomic E-state index is 0.0377. The monoisotopic (exact) mass is 472 g/mol. The molecule has 1 N–H and O–H groups in total. The average Bonchev–Trinajstić information content (AvgIpc) is 3.13. The summed E-state index contributed by atoms with van der Waals surface area (Å²) in [6.45, 7) is 5.13. The molecule has 1 aromatic heterocycles. The van der Waals surface area contributed by atoms with E-state index in [1.807, 2.05) is 44.2 Å². The number of ether oxygens (including phenoxy) is 2. The van der Waals surface area contributed by atoms with Gasteiger partial charge >= 0.3 is 0 Å². The zero-order chi connectivity index (χ0) is 24.8. The number of carbonyl (C=O) groups is 2. The fourth-order valence-electron chi connectivity index (χ4n) is 4.10. The molecule has 2 heterocycles. The summed E-state index contributed by atoms with van der Waals surface area (Å²) in [5, 5.41) is 11.3. The molecule has 7 heteroatoms. The molecule has 1 saturated heterocycles. The summed E-state index contributed by atoms with van der Waals surface area (Å²) in [6.07, 6.45) is 4.15. The minimum atomic E-state index is -0.785. The SMILES string of the molecule is CCCOc1cccc(C2/C(=C(/O)c3ccc(OCC)cc3)C(=O)C(=O)N2Cc2cccnc2)c1. The van der Waals surface area contributed by atoms with Gasteiger partial charge in [-0.1, -0.05) is 25.1 Å². The first kappa shape index (κ1) is 24.0. The predicted molar refractivity (Wildman–Crippen MR) is 132 cm³/mol. The van der Waals surface area contributed by atoms with Crippen LogP contribution in [0.3, 0.4) is 0 Å². The van der Waals surface area contributed by atoms with E-state index in [-0.39, 0.29) is 17.9 Å². The van der Waals surface area contributed by atoms with E-state index < -0.39 is 17.7 Å². The van der Waals surface area contributed by atoms with Crippen LogP contribution in [0.2, 0.25) is 0 Å². The molecule has 0 aliphatic carbocycles. The highest BCUT2D eigenvalue weighted by Gasteiger charge is 2.46. The molecule has 35 heavy (non-hydrogen) atoms. The molecule has 180 valence electrons. The highest BCUT2D eigenvalue weighted by atomic mass is 16.5. The van der Waals surface area contributed by atoms with Crippen LogP contribution in [-0.2, 0) is 16.1 Å². The number of pyridine rings is 1. The third kappa shape index (κ3) is 5.19. The molecule has 1 aliphatic heterocycles. The second-order valence-electron chi connectivity index (χ2n) is 8.17. The maximum atomic E-state index is 13.3. The number of benzene rings is 2. The number of carbonyl (C=O) groups excluding carboxylic acids is 2. The van der Waals surface area contributed by atoms with Crippen molar-refractivity contribution in [3.63, 3.8) is 0 Å². The van der Waals surface area contributed by atoms with Crippen molar-refractivity contribution in [2.75, 3.05) is 13.2 Å². The molecule has 1 aliphatic rings. The molecule has 0 bridgehead atoms. The predicted octanol–water partition coefficient (Wildman–Crippen LogP) is 4.89. The smallest absolute Gasteiger partial charge is 0.295 e. The number of Topliss-reactive ketones (excluding diaryl/α,β-unsaturated/α-hetero) is 1. The van der Waals surface area contributed by atoms with Gasteiger partial charge in [0.15, 0.2) is 0 Å². The van der Waals surface area contributed by atoms with Crippen molar-refractivity contribution in [3.8, 4) is 11.5 Å². The molecular formula is C28H28N2O5. The van der Waals surface area contributed by atoms with Crippen molar-refractivity contribution in [2.45, 2.75) is 32.9 Å². The van der Waals surface area contributed by atoms with Crippen LogP contribution >= 0.6 is 0 Å². The van der Waals surface area contributed by atoms with Gasteiger partial charge in [0, 0.05) is 24.5 Å². The van der Waals surface area contributed by atoms with E-state index in [9.17, 15) is 14.7 Å². The van der Waals surface area contributed by atoms with E-state index in [4.69, 9.17) is 9.47 Å². The number of aliphatic hydroxyl groups is 1. The largest absolute Gasteiger partial charge is 0.507 e. The molecular weight excluding hydrogens is 444 g/mol. The van der Waals surface area contributed by atoms with E-state index in [1.54, 1.807) is 42.7 Å². The van der Waals surface area contributed by atoms with Crippen molar-refractivity contribution >= 4 is 17.4 Å². The molecule has 0 spiro atoms. The van der Waals surface area contributed by atoms with Crippen molar-refractivity contribution < 1.29 is 24.2 Å². The molecule has 1 fully saturated rings. The summed E-state index contributed by atoms with van der Waals surface area (Å²) in [7, 11) is 0. The van der Waals surface area contributed by atoms with Gasteiger partial charge in [0.25, 0.3) is 11.7 Å². The number of aromatic nitrogens is 1. The number of rotatable bonds is 9. The standard InChI is InChI=1S/C28H28N2O5/c1-3-15-35-23-9-5-8-21(16-23)25-24(26(31)20-10-12-22(13-11-20)34-4-2)27(32)28(33)30(25)18-19-7-6-14-29-17-19/h5-14,16-17,25,31H,3-4,15,18H2,1-2H3/b26-24-. The maximum Gasteiger partial charge on any atom is 0.295 e. The number of likely N-dealkylation sites (tertiary alicyclic amines) is 1. The van der Waals surface area contributed by atoms with Crippen molar-refractivity contribution in [2.24, 2.45) is 0 Å². The Kier molecular flexibility index (Phi) is 7.45. The highest BCUT2D eigenvalue weighted by molar-refractivity contribution is 6.46. The van der Waals surface area contributed by atoms with E-state index >= 15 is 0 Å². The van der Waals surface area contributed by atoms with Gasteiger partial charge in [-0.2, -0.15) is 0 Å². The van der Waals surface area contributed by atoms with Gasteiger partial charge in [-0.05, 0) is 66.9 Å². The summed E-state index contributed by atoms with van der Waals surface area (Å²) < 4.78 is 11.3. The highest BCUT2D eigenvalue weighted by Crippen LogP contribution is 2.41. The van der Waals surface area contributed by atoms with Gasteiger partial charge in [-0.3, -0.25) is 14.6 Å². The minimum Gasteiger partial charge on any atom is -0.507 e. The van der Waals surface area contributed by atoms with Crippen LogP contribution in [0.4, 0.5) is 0 Å². The summed E-state index contributed by atoms with van der Waals surface area (Å²) in [6, 6.07) is 16.9. The Balaban J connectivity index is 1.81. The fraction of sp³-hybridized carbons (Fsp3) is 0.250. The molecule has 7 nitrogen and oxygen atoms in total. The Hall–Kier alpha value is -4.13. The zero-order valence-electron chi connectivity index (χ0n) is 19.8. The third-order valence-corrected chi connectivity index (χ3v) is 5.70. The van der Waals surface area contributed by atoms with Gasteiger partial charge in [0.05, 0.1) is 24.8 Å². The summed E-state index contributed by atoms with van der Waals surface area (Å²) in [5.74, 6) is -0.350. The van der Waals surface area contributed by atoms with Crippen molar-refractivity contribution in [3.05, 3.63) is 95.3 Å². The fourth-order valence-corrected chi connectivity index (χ4v) is 4.10. The van der Waals surface area contributed by atoms with Gasteiger partial charge < -0.3 is 19.5 Å². The van der Waals surface area contributed by atoms with Crippen LogP contribution in [0.15, 0.2) is 78.6 Å². The average molecular weight is 473 g/mol. The Bertz CT molecular complexity index is 1220. The number of aliphatic hydroxyl groups excluding tert-OH is 1. The van der Waals surface area contributed by atoms with Gasteiger partial charge in [0.2, 0.25) is 0 Å². The first-order valence-corrected chi connectivity index (χ1v) is 11.7.